The minimum atomic E-state index is -0.150. The van der Waals surface area contributed by atoms with Crippen LogP contribution in [0, 0.1) is 11.3 Å². The first kappa shape index (κ1) is 13.5. The fraction of sp³-hybridized carbons (Fsp3) is 0.727. The highest BCUT2D eigenvalue weighted by Crippen LogP contribution is 2.18. The molecule has 0 aromatic heterocycles. The minimum Gasteiger partial charge on any atom is -0.354 e. The molecule has 0 aromatic carbocycles. The topological polar surface area (TPSA) is 94.0 Å². The molecule has 0 saturated heterocycles. The molecule has 6 nitrogen and oxygen atoms in total. The van der Waals surface area contributed by atoms with Crippen LogP contribution in [-0.2, 0) is 9.59 Å². The third kappa shape index (κ3) is 7.30. The zero-order chi connectivity index (χ0) is 12.5. The van der Waals surface area contributed by atoms with Gasteiger partial charge in [0.1, 0.15) is 0 Å². The van der Waals surface area contributed by atoms with Gasteiger partial charge in [0.05, 0.1) is 19.0 Å². The van der Waals surface area contributed by atoms with E-state index in [1.165, 1.54) is 0 Å². The molecule has 2 amide bonds. The van der Waals surface area contributed by atoms with Crippen LogP contribution in [0.5, 0.6) is 0 Å². The molecule has 0 heterocycles. The largest absolute Gasteiger partial charge is 0.354 e. The van der Waals surface area contributed by atoms with Crippen LogP contribution < -0.4 is 16.0 Å². The molecule has 94 valence electrons. The molecule has 1 aliphatic carbocycles. The first-order valence-electron chi connectivity index (χ1n) is 5.86. The van der Waals surface area contributed by atoms with E-state index in [0.717, 1.165) is 12.8 Å². The lowest BCUT2D eigenvalue weighted by Gasteiger charge is -2.05. The molecule has 17 heavy (non-hydrogen) atoms. The van der Waals surface area contributed by atoms with Gasteiger partial charge in [0.15, 0.2) is 0 Å². The fourth-order valence-electron chi connectivity index (χ4n) is 1.25. The molecule has 6 heteroatoms. The van der Waals surface area contributed by atoms with Crippen molar-refractivity contribution in [1.82, 2.24) is 16.0 Å². The van der Waals surface area contributed by atoms with Crippen molar-refractivity contribution >= 4 is 11.8 Å². The predicted molar refractivity (Wildman–Crippen MR) is 61.9 cm³/mol. The molecule has 0 unspecified atom stereocenters. The Labute approximate surface area is 101 Å². The van der Waals surface area contributed by atoms with Crippen LogP contribution in [0.3, 0.4) is 0 Å². The standard InChI is InChI=1S/C11H18N4O2/c12-5-1-6-14-11(17)8-13-7-4-10(16)15-9-2-3-9/h9,13H,1-4,6-8H2,(H,14,17)(H,15,16). The molecule has 1 aliphatic rings. The van der Waals surface area contributed by atoms with Gasteiger partial charge in [-0.05, 0) is 12.8 Å². The van der Waals surface area contributed by atoms with Crippen molar-refractivity contribution in [2.75, 3.05) is 19.6 Å². The molecule has 0 radical (unpaired) electrons. The number of nitriles is 1. The van der Waals surface area contributed by atoms with Crippen molar-refractivity contribution < 1.29 is 9.59 Å². The molecular weight excluding hydrogens is 220 g/mol. The first-order valence-corrected chi connectivity index (χ1v) is 5.86. The number of carbonyl (C=O) groups is 2. The number of hydrogen-bond donors (Lipinski definition) is 3. The van der Waals surface area contributed by atoms with Crippen molar-refractivity contribution in [2.24, 2.45) is 0 Å². The average Bonchev–Trinajstić information content (AvgIpc) is 3.09. The van der Waals surface area contributed by atoms with E-state index in [9.17, 15) is 9.59 Å². The number of nitrogens with one attached hydrogen (secondary N) is 3. The maximum absolute atomic E-state index is 11.3. The minimum absolute atomic E-state index is 0.0323. The van der Waals surface area contributed by atoms with Gasteiger partial charge in [0, 0.05) is 25.6 Å². The van der Waals surface area contributed by atoms with Gasteiger partial charge in [-0.3, -0.25) is 9.59 Å². The summed E-state index contributed by atoms with van der Waals surface area (Å²) in [6, 6.07) is 2.33. The summed E-state index contributed by atoms with van der Waals surface area (Å²) in [6.07, 6.45) is 2.87. The number of nitrogens with zero attached hydrogens (tertiary/aromatic N) is 1. The Morgan fingerprint density at radius 2 is 2.00 bits per heavy atom. The first-order chi connectivity index (χ1) is 8.22. The third-order valence-electron chi connectivity index (χ3n) is 2.32. The summed E-state index contributed by atoms with van der Waals surface area (Å²) in [4.78, 5) is 22.4. The SMILES string of the molecule is N#CCCNC(=O)CNCCC(=O)NC1CC1. The molecular formula is C11H18N4O2. The summed E-state index contributed by atoms with van der Waals surface area (Å²) in [7, 11) is 0. The van der Waals surface area contributed by atoms with Crippen LogP contribution >= 0.6 is 0 Å². The molecule has 1 fully saturated rings. The molecule has 1 rings (SSSR count). The van der Waals surface area contributed by atoms with E-state index in [0.29, 0.717) is 32.0 Å². The molecule has 1 saturated carbocycles. The van der Waals surface area contributed by atoms with Crippen LogP contribution in [0.2, 0.25) is 0 Å². The van der Waals surface area contributed by atoms with Gasteiger partial charge in [-0.25, -0.2) is 0 Å². The van der Waals surface area contributed by atoms with Crippen LogP contribution in [0.4, 0.5) is 0 Å². The second-order valence-corrected chi connectivity index (χ2v) is 4.03. The third-order valence-corrected chi connectivity index (χ3v) is 2.32. The lowest BCUT2D eigenvalue weighted by atomic mass is 10.4. The van der Waals surface area contributed by atoms with E-state index in [1.54, 1.807) is 0 Å². The van der Waals surface area contributed by atoms with E-state index in [2.05, 4.69) is 16.0 Å². The van der Waals surface area contributed by atoms with E-state index in [1.807, 2.05) is 6.07 Å². The van der Waals surface area contributed by atoms with Gasteiger partial charge in [0.25, 0.3) is 0 Å². The number of rotatable bonds is 8. The van der Waals surface area contributed by atoms with Gasteiger partial charge >= 0.3 is 0 Å². The summed E-state index contributed by atoms with van der Waals surface area (Å²) in [6.45, 7) is 1.05. The van der Waals surface area contributed by atoms with Gasteiger partial charge in [0.2, 0.25) is 11.8 Å². The molecule has 0 atom stereocenters. The van der Waals surface area contributed by atoms with Gasteiger partial charge in [-0.1, -0.05) is 0 Å². The zero-order valence-corrected chi connectivity index (χ0v) is 9.79. The predicted octanol–water partition coefficient (Wildman–Crippen LogP) is -0.725. The highest BCUT2D eigenvalue weighted by Gasteiger charge is 2.22. The number of hydrogen-bond acceptors (Lipinski definition) is 4. The number of carbonyl (C=O) groups excluding carboxylic acids is 2. The van der Waals surface area contributed by atoms with Crippen molar-refractivity contribution in [1.29, 1.82) is 5.26 Å². The van der Waals surface area contributed by atoms with Crippen molar-refractivity contribution in [3.63, 3.8) is 0 Å². The van der Waals surface area contributed by atoms with E-state index in [4.69, 9.17) is 5.26 Å². The highest BCUT2D eigenvalue weighted by atomic mass is 16.2. The maximum Gasteiger partial charge on any atom is 0.233 e. The Morgan fingerprint density at radius 1 is 1.24 bits per heavy atom. The zero-order valence-electron chi connectivity index (χ0n) is 9.79. The van der Waals surface area contributed by atoms with Crippen molar-refractivity contribution in [3.05, 3.63) is 0 Å². The second-order valence-electron chi connectivity index (χ2n) is 4.03. The quantitative estimate of drug-likeness (QED) is 0.486. The monoisotopic (exact) mass is 238 g/mol. The van der Waals surface area contributed by atoms with Crippen molar-refractivity contribution in [2.45, 2.75) is 31.7 Å². The normalized spacial score (nSPS) is 13.8. The summed E-state index contributed by atoms with van der Waals surface area (Å²) in [5.74, 6) is -0.118. The Balaban J connectivity index is 1.90. The summed E-state index contributed by atoms with van der Waals surface area (Å²) < 4.78 is 0. The van der Waals surface area contributed by atoms with Gasteiger partial charge in [-0.2, -0.15) is 5.26 Å². The molecule has 0 bridgehead atoms. The van der Waals surface area contributed by atoms with Crippen LogP contribution in [0.1, 0.15) is 25.7 Å². The summed E-state index contributed by atoms with van der Waals surface area (Å²) >= 11 is 0. The molecule has 0 aliphatic heterocycles. The Bertz CT molecular complexity index is 307. The van der Waals surface area contributed by atoms with Gasteiger partial charge < -0.3 is 16.0 Å². The highest BCUT2D eigenvalue weighted by molar-refractivity contribution is 5.78. The van der Waals surface area contributed by atoms with Gasteiger partial charge in [-0.15, -0.1) is 0 Å². The lowest BCUT2D eigenvalue weighted by molar-refractivity contribution is -0.122. The fourth-order valence-corrected chi connectivity index (χ4v) is 1.25. The molecule has 3 N–H and O–H groups in total. The van der Waals surface area contributed by atoms with Crippen LogP contribution in [0.15, 0.2) is 0 Å². The van der Waals surface area contributed by atoms with E-state index >= 15 is 0 Å². The second kappa shape index (κ2) is 7.63. The Morgan fingerprint density at radius 3 is 2.65 bits per heavy atom. The van der Waals surface area contributed by atoms with E-state index in [-0.39, 0.29) is 18.4 Å². The van der Waals surface area contributed by atoms with Crippen LogP contribution in [0.25, 0.3) is 0 Å². The summed E-state index contributed by atoms with van der Waals surface area (Å²) in [5, 5.41) is 16.6. The van der Waals surface area contributed by atoms with Crippen molar-refractivity contribution in [3.8, 4) is 6.07 Å². The Hall–Kier alpha value is -1.61. The smallest absolute Gasteiger partial charge is 0.233 e. The molecule has 0 spiro atoms. The maximum atomic E-state index is 11.3. The lowest BCUT2D eigenvalue weighted by Crippen LogP contribution is -2.36. The Kier molecular flexibility index (Phi) is 6.04. The van der Waals surface area contributed by atoms with Crippen LogP contribution in [-0.4, -0.2) is 37.5 Å². The molecule has 0 aromatic rings. The number of amides is 2. The average molecular weight is 238 g/mol. The summed E-state index contributed by atoms with van der Waals surface area (Å²) in [5.41, 5.74) is 0. The van der Waals surface area contributed by atoms with E-state index < -0.39 is 0 Å².